The molecule has 120 valence electrons. The lowest BCUT2D eigenvalue weighted by Gasteiger charge is -2.33. The molecule has 0 fully saturated rings. The topological polar surface area (TPSA) is 9.23 Å². The smallest absolute Gasteiger partial charge is 0.266 e. The maximum absolute atomic E-state index is 13.1. The van der Waals surface area contributed by atoms with Crippen molar-refractivity contribution in [3.05, 3.63) is 12.2 Å². The zero-order valence-corrected chi connectivity index (χ0v) is 9.22. The van der Waals surface area contributed by atoms with Crippen molar-refractivity contribution in [1.82, 2.24) is 0 Å². The van der Waals surface area contributed by atoms with Crippen LogP contribution in [0.3, 0.4) is 0 Å². The molecule has 0 aromatic carbocycles. The van der Waals surface area contributed by atoms with Crippen molar-refractivity contribution in [2.45, 2.75) is 37.2 Å². The van der Waals surface area contributed by atoms with Gasteiger partial charge in [0.1, 0.15) is 0 Å². The Kier molecular flexibility index (Phi) is 4.77. The van der Waals surface area contributed by atoms with Crippen molar-refractivity contribution in [3.8, 4) is 0 Å². The predicted octanol–water partition coefficient (Wildman–Crippen LogP) is 4.60. The van der Waals surface area contributed by atoms with Gasteiger partial charge in [-0.05, 0) is 13.0 Å². The van der Waals surface area contributed by atoms with E-state index in [1.54, 1.807) is 0 Å². The first-order valence-corrected chi connectivity index (χ1v) is 4.44. The van der Waals surface area contributed by atoms with Gasteiger partial charge in [-0.3, -0.25) is 4.74 Å². The van der Waals surface area contributed by atoms with Crippen molar-refractivity contribution in [2.75, 3.05) is 0 Å². The Balaban J connectivity index is 5.66. The molecule has 0 saturated carbocycles. The van der Waals surface area contributed by atoms with E-state index in [4.69, 9.17) is 0 Å². The fourth-order valence-corrected chi connectivity index (χ4v) is 0.816. The number of hydrogen-bond donors (Lipinski definition) is 0. The third kappa shape index (κ3) is 3.33. The van der Waals surface area contributed by atoms with Crippen LogP contribution in [0.15, 0.2) is 12.2 Å². The molecule has 0 aromatic rings. The number of alkyl halides is 11. The summed E-state index contributed by atoms with van der Waals surface area (Å²) in [7, 11) is 0. The van der Waals surface area contributed by atoms with Crippen LogP contribution in [0.5, 0.6) is 0 Å². The van der Waals surface area contributed by atoms with Crippen LogP contribution in [0.25, 0.3) is 0 Å². The van der Waals surface area contributed by atoms with Crippen molar-refractivity contribution >= 4 is 0 Å². The van der Waals surface area contributed by atoms with E-state index in [2.05, 4.69) is 4.74 Å². The molecule has 0 aliphatic rings. The average Bonchev–Trinajstić information content (AvgIpc) is 2.12. The maximum Gasteiger partial charge on any atom is 0.462 e. The minimum absolute atomic E-state index is 0.148. The molecule has 0 bridgehead atoms. The lowest BCUT2D eigenvalue weighted by atomic mass is 10.2. The summed E-state index contributed by atoms with van der Waals surface area (Å²) in [4.78, 5) is 0. The Morgan fingerprint density at radius 1 is 0.700 bits per heavy atom. The summed E-state index contributed by atoms with van der Waals surface area (Å²) in [6.45, 7) is 0.670. The molecular formula is C8H5F11O. The first-order valence-electron chi connectivity index (χ1n) is 4.44. The van der Waals surface area contributed by atoms with Crippen molar-refractivity contribution in [2.24, 2.45) is 0 Å². The van der Waals surface area contributed by atoms with Gasteiger partial charge in [-0.2, -0.15) is 48.3 Å². The van der Waals surface area contributed by atoms with Gasteiger partial charge in [0.2, 0.25) is 0 Å². The van der Waals surface area contributed by atoms with E-state index in [9.17, 15) is 48.3 Å². The summed E-state index contributed by atoms with van der Waals surface area (Å²) in [5.74, 6) is -12.5. The molecular weight excluding hydrogens is 321 g/mol. The van der Waals surface area contributed by atoms with Gasteiger partial charge < -0.3 is 0 Å². The van der Waals surface area contributed by atoms with E-state index in [1.807, 2.05) is 0 Å². The third-order valence-electron chi connectivity index (χ3n) is 1.77. The highest BCUT2D eigenvalue weighted by Crippen LogP contribution is 2.51. The molecule has 0 aliphatic carbocycles. The molecule has 0 amide bonds. The molecule has 12 heteroatoms. The molecule has 0 aliphatic heterocycles. The van der Waals surface area contributed by atoms with E-state index >= 15 is 0 Å². The highest BCUT2D eigenvalue weighted by atomic mass is 19.4. The third-order valence-corrected chi connectivity index (χ3v) is 1.77. The fraction of sp³-hybridized carbons (Fsp3) is 0.750. The van der Waals surface area contributed by atoms with Crippen LogP contribution in [0.4, 0.5) is 48.3 Å². The molecule has 0 radical (unpaired) electrons. The lowest BCUT2D eigenvalue weighted by Crippen LogP contribution is -2.58. The van der Waals surface area contributed by atoms with Crippen LogP contribution in [0.1, 0.15) is 6.92 Å². The molecule has 0 rings (SSSR count). The second kappa shape index (κ2) is 5.04. The molecule has 1 nitrogen and oxygen atoms in total. The highest BCUT2D eigenvalue weighted by molar-refractivity contribution is 5.01. The Hall–Kier alpha value is -1.07. The first-order chi connectivity index (χ1) is 8.52. The molecule has 0 heterocycles. The first kappa shape index (κ1) is 18.9. The van der Waals surface area contributed by atoms with Gasteiger partial charge in [0.15, 0.2) is 0 Å². The van der Waals surface area contributed by atoms with Crippen LogP contribution in [-0.2, 0) is 4.74 Å². The van der Waals surface area contributed by atoms with Gasteiger partial charge in [-0.25, -0.2) is 0 Å². The Morgan fingerprint density at radius 2 is 1.10 bits per heavy atom. The average molecular weight is 326 g/mol. The largest absolute Gasteiger partial charge is 0.462 e. The molecule has 0 saturated heterocycles. The van der Waals surface area contributed by atoms with Gasteiger partial charge in [-0.1, -0.05) is 6.08 Å². The van der Waals surface area contributed by atoms with Crippen molar-refractivity contribution < 1.29 is 53.0 Å². The molecule has 0 spiro atoms. The zero-order valence-electron chi connectivity index (χ0n) is 9.22. The van der Waals surface area contributed by atoms with E-state index in [1.165, 1.54) is 0 Å². The Labute approximate surface area is 104 Å². The number of hydrogen-bond acceptors (Lipinski definition) is 1. The Bertz CT molecular complexity index is 366. The summed E-state index contributed by atoms with van der Waals surface area (Å²) in [5.41, 5.74) is 0. The number of ether oxygens (including phenoxy) is 1. The van der Waals surface area contributed by atoms with Crippen molar-refractivity contribution in [1.29, 1.82) is 0 Å². The molecule has 0 aromatic heterocycles. The summed E-state index contributed by atoms with van der Waals surface area (Å²) >= 11 is 0. The van der Waals surface area contributed by atoms with Crippen molar-refractivity contribution in [3.63, 3.8) is 0 Å². The van der Waals surface area contributed by atoms with Gasteiger partial charge in [0, 0.05) is 0 Å². The number of halogens is 11. The van der Waals surface area contributed by atoms with Crippen LogP contribution in [0.2, 0.25) is 0 Å². The van der Waals surface area contributed by atoms with Gasteiger partial charge >= 0.3 is 30.2 Å². The molecule has 0 N–H and O–H groups in total. The standard InChI is InChI=1S/C8H5F11O/c1-2-3-4(9,6(12,13)14)20-8(18,19)5(10,11)7(15,16)17/h2-3H,1H3/b3-2-/t4-/m1/s1. The minimum Gasteiger partial charge on any atom is -0.266 e. The van der Waals surface area contributed by atoms with Crippen LogP contribution < -0.4 is 0 Å². The molecule has 0 unspecified atom stereocenters. The monoisotopic (exact) mass is 326 g/mol. The highest BCUT2D eigenvalue weighted by Gasteiger charge is 2.77. The molecule has 20 heavy (non-hydrogen) atoms. The molecule has 1 atom stereocenters. The normalized spacial score (nSPS) is 18.4. The second-order valence-corrected chi connectivity index (χ2v) is 3.33. The maximum atomic E-state index is 13.1. The van der Waals surface area contributed by atoms with Crippen LogP contribution in [-0.4, -0.2) is 30.2 Å². The van der Waals surface area contributed by atoms with E-state index < -0.39 is 36.3 Å². The fourth-order valence-electron chi connectivity index (χ4n) is 0.816. The summed E-state index contributed by atoms with van der Waals surface area (Å²) in [6, 6.07) is 0. The zero-order chi connectivity index (χ0) is 16.6. The lowest BCUT2D eigenvalue weighted by molar-refractivity contribution is -0.473. The summed E-state index contributed by atoms with van der Waals surface area (Å²) < 4.78 is 136. The minimum atomic E-state index is -7.02. The summed E-state index contributed by atoms with van der Waals surface area (Å²) in [6.07, 6.45) is -20.7. The summed E-state index contributed by atoms with van der Waals surface area (Å²) in [5, 5.41) is 0. The van der Waals surface area contributed by atoms with Crippen LogP contribution >= 0.6 is 0 Å². The Morgan fingerprint density at radius 3 is 1.35 bits per heavy atom. The van der Waals surface area contributed by atoms with Gasteiger partial charge in [0.25, 0.3) is 0 Å². The number of allylic oxidation sites excluding steroid dienone is 1. The van der Waals surface area contributed by atoms with E-state index in [-0.39, 0.29) is 6.08 Å². The van der Waals surface area contributed by atoms with Crippen LogP contribution in [0, 0.1) is 0 Å². The second-order valence-electron chi connectivity index (χ2n) is 3.33. The predicted molar refractivity (Wildman–Crippen MR) is 41.7 cm³/mol. The van der Waals surface area contributed by atoms with Gasteiger partial charge in [0.05, 0.1) is 0 Å². The SMILES string of the molecule is C/C=C\[C@@](F)(OC(F)(F)C(F)(F)C(F)(F)F)C(F)(F)F. The quantitative estimate of drug-likeness (QED) is 0.542. The van der Waals surface area contributed by atoms with E-state index in [0.29, 0.717) is 6.92 Å². The van der Waals surface area contributed by atoms with E-state index in [0.717, 1.165) is 0 Å². The van der Waals surface area contributed by atoms with Gasteiger partial charge in [-0.15, -0.1) is 0 Å². The number of rotatable bonds is 4.